The Morgan fingerprint density at radius 1 is 1.20 bits per heavy atom. The summed E-state index contributed by atoms with van der Waals surface area (Å²) in [7, 11) is 0. The topological polar surface area (TPSA) is 56.8 Å². The van der Waals surface area contributed by atoms with E-state index in [1.165, 1.54) is 0 Å². The number of hydrogen-bond acceptors (Lipinski definition) is 4. The average molecular weight is 339 g/mol. The summed E-state index contributed by atoms with van der Waals surface area (Å²) in [4.78, 5) is 12.3. The van der Waals surface area contributed by atoms with Gasteiger partial charge < -0.3 is 19.5 Å². The highest BCUT2D eigenvalue weighted by molar-refractivity contribution is 5.98. The van der Waals surface area contributed by atoms with E-state index in [9.17, 15) is 4.79 Å². The van der Waals surface area contributed by atoms with Crippen LogP contribution in [-0.2, 0) is 0 Å². The van der Waals surface area contributed by atoms with Crippen molar-refractivity contribution in [3.63, 3.8) is 0 Å². The summed E-state index contributed by atoms with van der Waals surface area (Å²) in [6.45, 7) is 8.57. The molecule has 5 nitrogen and oxygen atoms in total. The van der Waals surface area contributed by atoms with Crippen LogP contribution in [0.1, 0.15) is 36.0 Å². The van der Waals surface area contributed by atoms with Crippen LogP contribution in [0, 0.1) is 0 Å². The van der Waals surface area contributed by atoms with Crippen LogP contribution in [0.15, 0.2) is 54.6 Å². The molecule has 1 aliphatic heterocycles. The van der Waals surface area contributed by atoms with Crippen molar-refractivity contribution in [1.29, 1.82) is 0 Å². The van der Waals surface area contributed by atoms with Crippen LogP contribution >= 0.6 is 0 Å². The molecule has 1 amide bonds. The Balaban J connectivity index is 1.86. The van der Waals surface area contributed by atoms with E-state index in [2.05, 4.69) is 11.9 Å². The summed E-state index contributed by atoms with van der Waals surface area (Å²) in [5, 5.41) is 2.86. The van der Waals surface area contributed by atoms with Crippen LogP contribution in [0.5, 0.6) is 17.2 Å². The first kappa shape index (κ1) is 16.9. The molecule has 0 radical (unpaired) electrons. The van der Waals surface area contributed by atoms with Crippen molar-refractivity contribution in [2.24, 2.45) is 0 Å². The van der Waals surface area contributed by atoms with Gasteiger partial charge in [-0.2, -0.15) is 0 Å². The van der Waals surface area contributed by atoms with Crippen molar-refractivity contribution in [3.8, 4) is 17.2 Å². The van der Waals surface area contributed by atoms with Crippen LogP contribution in [0.4, 0.5) is 0 Å². The standard InChI is InChI=1S/C20H21NO4/c1-4-23-18-11-14(9-10-17(18)24-12-13(2)3)20-21-19(22)15-7-5-6-8-16(15)25-20/h5-11,20H,2,4,12H2,1,3H3,(H,21,22)/t20-/m0/s1. The summed E-state index contributed by atoms with van der Waals surface area (Å²) in [5.74, 6) is 1.65. The monoisotopic (exact) mass is 339 g/mol. The Labute approximate surface area is 147 Å². The summed E-state index contributed by atoms with van der Waals surface area (Å²) >= 11 is 0. The Morgan fingerprint density at radius 2 is 2.00 bits per heavy atom. The second-order valence-electron chi connectivity index (χ2n) is 5.85. The molecule has 1 aliphatic rings. The van der Waals surface area contributed by atoms with Crippen molar-refractivity contribution in [2.45, 2.75) is 20.1 Å². The van der Waals surface area contributed by atoms with Crippen molar-refractivity contribution < 1.29 is 19.0 Å². The first-order chi connectivity index (χ1) is 12.1. The lowest BCUT2D eigenvalue weighted by Crippen LogP contribution is -2.36. The third kappa shape index (κ3) is 3.76. The molecule has 5 heteroatoms. The normalized spacial score (nSPS) is 15.6. The second-order valence-corrected chi connectivity index (χ2v) is 5.85. The molecule has 1 atom stereocenters. The van der Waals surface area contributed by atoms with E-state index in [1.807, 2.05) is 44.2 Å². The van der Waals surface area contributed by atoms with Gasteiger partial charge in [0.1, 0.15) is 12.4 Å². The number of ether oxygens (including phenoxy) is 3. The number of fused-ring (bicyclic) bond motifs is 1. The molecule has 0 aromatic heterocycles. The predicted octanol–water partition coefficient (Wildman–Crippen LogP) is 3.86. The number of benzene rings is 2. The first-order valence-electron chi connectivity index (χ1n) is 8.19. The Bertz CT molecular complexity index is 800. The van der Waals surface area contributed by atoms with E-state index in [4.69, 9.17) is 14.2 Å². The van der Waals surface area contributed by atoms with Gasteiger partial charge in [-0.3, -0.25) is 4.79 Å². The van der Waals surface area contributed by atoms with Crippen molar-refractivity contribution in [3.05, 3.63) is 65.7 Å². The quantitative estimate of drug-likeness (QED) is 0.812. The van der Waals surface area contributed by atoms with Gasteiger partial charge in [-0.15, -0.1) is 0 Å². The molecule has 0 spiro atoms. The highest BCUT2D eigenvalue weighted by Crippen LogP contribution is 2.34. The van der Waals surface area contributed by atoms with E-state index in [1.54, 1.807) is 12.1 Å². The molecule has 0 aliphatic carbocycles. The smallest absolute Gasteiger partial charge is 0.258 e. The lowest BCUT2D eigenvalue weighted by Gasteiger charge is -2.27. The predicted molar refractivity (Wildman–Crippen MR) is 95.2 cm³/mol. The van der Waals surface area contributed by atoms with E-state index in [0.29, 0.717) is 36.0 Å². The third-order valence-corrected chi connectivity index (χ3v) is 3.68. The van der Waals surface area contributed by atoms with Crippen molar-refractivity contribution >= 4 is 5.91 Å². The lowest BCUT2D eigenvalue weighted by molar-refractivity contribution is 0.0755. The van der Waals surface area contributed by atoms with Gasteiger partial charge in [0.2, 0.25) is 0 Å². The maximum Gasteiger partial charge on any atom is 0.258 e. The van der Waals surface area contributed by atoms with Crippen LogP contribution in [0.2, 0.25) is 0 Å². The van der Waals surface area contributed by atoms with Gasteiger partial charge in [0, 0.05) is 5.56 Å². The van der Waals surface area contributed by atoms with E-state index in [0.717, 1.165) is 11.1 Å². The molecule has 0 fully saturated rings. The molecule has 1 heterocycles. The molecular weight excluding hydrogens is 318 g/mol. The van der Waals surface area contributed by atoms with Gasteiger partial charge in [-0.05, 0) is 49.8 Å². The molecule has 130 valence electrons. The minimum absolute atomic E-state index is 0.160. The molecular formula is C20H21NO4. The Hall–Kier alpha value is -2.95. The zero-order valence-corrected chi connectivity index (χ0v) is 14.4. The number of amides is 1. The minimum atomic E-state index is -0.572. The number of carbonyl (C=O) groups is 1. The lowest BCUT2D eigenvalue weighted by atomic mass is 10.1. The third-order valence-electron chi connectivity index (χ3n) is 3.68. The summed E-state index contributed by atoms with van der Waals surface area (Å²) < 4.78 is 17.3. The Morgan fingerprint density at radius 3 is 2.76 bits per heavy atom. The first-order valence-corrected chi connectivity index (χ1v) is 8.19. The number of para-hydroxylation sites is 1. The van der Waals surface area contributed by atoms with Gasteiger partial charge in [-0.25, -0.2) is 0 Å². The van der Waals surface area contributed by atoms with Gasteiger partial charge >= 0.3 is 0 Å². The number of carbonyl (C=O) groups excluding carboxylic acids is 1. The molecule has 2 aromatic carbocycles. The van der Waals surface area contributed by atoms with Gasteiger partial charge in [-0.1, -0.05) is 18.7 Å². The zero-order valence-electron chi connectivity index (χ0n) is 14.4. The van der Waals surface area contributed by atoms with Gasteiger partial charge in [0.15, 0.2) is 17.7 Å². The van der Waals surface area contributed by atoms with E-state index >= 15 is 0 Å². The summed E-state index contributed by atoms with van der Waals surface area (Å²) in [6.07, 6.45) is -0.572. The zero-order chi connectivity index (χ0) is 17.8. The molecule has 25 heavy (non-hydrogen) atoms. The largest absolute Gasteiger partial charge is 0.490 e. The molecule has 0 bridgehead atoms. The second kappa shape index (κ2) is 7.30. The maximum absolute atomic E-state index is 12.3. The van der Waals surface area contributed by atoms with Crippen LogP contribution in [-0.4, -0.2) is 19.1 Å². The SMILES string of the molecule is C=C(C)COc1ccc([C@H]2NC(=O)c3ccccc3O2)cc1OCC. The Kier molecular flexibility index (Phi) is 4.93. The van der Waals surface area contributed by atoms with Gasteiger partial charge in [0.25, 0.3) is 5.91 Å². The summed E-state index contributed by atoms with van der Waals surface area (Å²) in [5.41, 5.74) is 2.24. The molecule has 0 saturated heterocycles. The molecule has 0 saturated carbocycles. The highest BCUT2D eigenvalue weighted by atomic mass is 16.5. The average Bonchev–Trinajstić information content (AvgIpc) is 2.60. The molecule has 3 rings (SSSR count). The number of rotatable bonds is 6. The maximum atomic E-state index is 12.3. The van der Waals surface area contributed by atoms with Crippen molar-refractivity contribution in [2.75, 3.05) is 13.2 Å². The number of nitrogens with one attached hydrogen (secondary N) is 1. The fourth-order valence-electron chi connectivity index (χ4n) is 2.54. The fourth-order valence-corrected chi connectivity index (χ4v) is 2.54. The minimum Gasteiger partial charge on any atom is -0.490 e. The van der Waals surface area contributed by atoms with Gasteiger partial charge in [0.05, 0.1) is 12.2 Å². The highest BCUT2D eigenvalue weighted by Gasteiger charge is 2.27. The summed E-state index contributed by atoms with van der Waals surface area (Å²) in [6, 6.07) is 12.7. The van der Waals surface area contributed by atoms with Crippen molar-refractivity contribution in [1.82, 2.24) is 5.32 Å². The van der Waals surface area contributed by atoms with Crippen LogP contribution < -0.4 is 19.5 Å². The van der Waals surface area contributed by atoms with E-state index < -0.39 is 6.23 Å². The van der Waals surface area contributed by atoms with Crippen LogP contribution in [0.3, 0.4) is 0 Å². The van der Waals surface area contributed by atoms with E-state index in [-0.39, 0.29) is 5.91 Å². The molecule has 0 unspecified atom stereocenters. The molecule has 2 aromatic rings. The fraction of sp³-hybridized carbons (Fsp3) is 0.250. The number of hydrogen-bond donors (Lipinski definition) is 1. The molecule has 1 N–H and O–H groups in total. The van der Waals surface area contributed by atoms with Crippen LogP contribution in [0.25, 0.3) is 0 Å².